The van der Waals surface area contributed by atoms with E-state index in [0.717, 1.165) is 5.57 Å². The maximum absolute atomic E-state index is 15.0. The highest BCUT2D eigenvalue weighted by molar-refractivity contribution is 5.98. The Kier molecular flexibility index (Phi) is 20.5. The van der Waals surface area contributed by atoms with Gasteiger partial charge >= 0.3 is 17.9 Å². The first-order valence-corrected chi connectivity index (χ1v) is 31.3. The fraction of sp³-hybridized carbons (Fsp3) is 0.871. The van der Waals surface area contributed by atoms with E-state index in [-0.39, 0.29) is 24.7 Å². The average Bonchev–Trinajstić information content (AvgIpc) is 0.661. The third-order valence-electron chi connectivity index (χ3n) is 23.2. The molecule has 0 unspecified atom stereocenters. The van der Waals surface area contributed by atoms with Gasteiger partial charge < -0.3 is 119 Å². The van der Waals surface area contributed by atoms with E-state index >= 15 is 0 Å². The summed E-state index contributed by atoms with van der Waals surface area (Å²) in [5, 5.41) is 156. The second kappa shape index (κ2) is 26.0. The van der Waals surface area contributed by atoms with Crippen molar-refractivity contribution in [2.45, 2.75) is 256 Å². The van der Waals surface area contributed by atoms with E-state index in [9.17, 15) is 90.7 Å². The van der Waals surface area contributed by atoms with Crippen molar-refractivity contribution in [1.29, 1.82) is 0 Å². The average molecular weight is 1290 g/mol. The summed E-state index contributed by atoms with van der Waals surface area (Å²) in [5.41, 5.74) is -4.89. The van der Waals surface area contributed by atoms with Crippen molar-refractivity contribution in [1.82, 2.24) is 0 Å². The SMILES string of the molecule is CC=C(C)C(=O)[C@H]1[C@H](OC(C)=O)C(C)(C)C[C@H]2C3=CC[C@@H]4[C@@]5(C)CC[C@H](O[C@@H]6O[C@H](C(=O)O)[C@@H](O)[C@H](O[C@@H]7OC[C@@H](O)[C@H](O)[C@H]7O[C@@H]7O[C@H](CO)[C@@H](O)[C@H](O)[C@H]7O)[C@H]6O[C@@H]6O[C@H](CO)[C@H](O)[C@H](O)[C@H]6O)C(C)(C)[C@@H]5CC[C@@]4(C)[C@]3(C)[C@@H](O)[C@@H](OC(C)=O)[C@]21CO. The van der Waals surface area contributed by atoms with Gasteiger partial charge in [-0.15, -0.1) is 0 Å². The lowest BCUT2D eigenvalue weighted by Gasteiger charge is -2.73. The van der Waals surface area contributed by atoms with Gasteiger partial charge in [0.2, 0.25) is 0 Å². The summed E-state index contributed by atoms with van der Waals surface area (Å²) in [6.07, 6.45) is -35.8. The Morgan fingerprint density at radius 2 is 1.18 bits per heavy atom. The molecule has 0 radical (unpaired) electrons. The number of hydrogen-bond acceptors (Lipinski definition) is 27. The van der Waals surface area contributed by atoms with E-state index in [2.05, 4.69) is 19.9 Å². The molecular weight excluding hydrogens is 1190 g/mol. The Hall–Kier alpha value is -3.28. The summed E-state index contributed by atoms with van der Waals surface area (Å²) >= 11 is 0. The van der Waals surface area contributed by atoms with E-state index in [4.69, 9.17) is 47.4 Å². The van der Waals surface area contributed by atoms with Crippen molar-refractivity contribution >= 4 is 23.7 Å². The molecule has 0 aromatic carbocycles. The van der Waals surface area contributed by atoms with Gasteiger partial charge in [-0.3, -0.25) is 14.4 Å². The Morgan fingerprint density at radius 3 is 1.71 bits per heavy atom. The maximum Gasteiger partial charge on any atom is 0.335 e. The van der Waals surface area contributed by atoms with Gasteiger partial charge in [0, 0.05) is 24.7 Å². The summed E-state index contributed by atoms with van der Waals surface area (Å²) < 4.78 is 61.1. The molecule has 0 aromatic heterocycles. The molecule has 4 heterocycles. The predicted molar refractivity (Wildman–Crippen MR) is 304 cm³/mol. The molecule has 14 N–H and O–H groups in total. The van der Waals surface area contributed by atoms with Crippen LogP contribution < -0.4 is 0 Å². The summed E-state index contributed by atoms with van der Waals surface area (Å²) in [6.45, 7) is 16.6. The van der Waals surface area contributed by atoms with Crippen LogP contribution in [0.15, 0.2) is 23.3 Å². The number of hydrogen-bond donors (Lipinski definition) is 14. The third kappa shape index (κ3) is 11.5. The monoisotopic (exact) mass is 1290 g/mol. The number of carboxylic acid groups (broad SMARTS) is 1. The Morgan fingerprint density at radius 1 is 0.622 bits per heavy atom. The first-order valence-electron chi connectivity index (χ1n) is 31.3. The number of carboxylic acids is 1. The molecule has 0 amide bonds. The van der Waals surface area contributed by atoms with Gasteiger partial charge in [-0.25, -0.2) is 4.79 Å². The number of carbonyl (C=O) groups is 4. The fourth-order valence-electron chi connectivity index (χ4n) is 18.2. The van der Waals surface area contributed by atoms with Crippen molar-refractivity contribution in [3.05, 3.63) is 23.3 Å². The first kappa shape index (κ1) is 71.0. The van der Waals surface area contributed by atoms with Gasteiger partial charge in [-0.05, 0) is 91.9 Å². The topological polar surface area (TPSA) is 444 Å². The minimum atomic E-state index is -2.28. The molecule has 0 bridgehead atoms. The number of carbonyl (C=O) groups excluding carboxylic acids is 3. The summed E-state index contributed by atoms with van der Waals surface area (Å²) in [6, 6.07) is 0. The lowest BCUT2D eigenvalue weighted by Crippen LogP contribution is -2.76. The molecular formula is C62H96O28. The molecule has 4 saturated carbocycles. The van der Waals surface area contributed by atoms with Gasteiger partial charge in [-0.1, -0.05) is 66.2 Å². The molecule has 0 spiro atoms. The highest BCUT2D eigenvalue weighted by Crippen LogP contribution is 2.77. The number of ketones is 1. The number of Topliss-reactive ketones (excluding diaryl/α,β-unsaturated/α-hetero) is 1. The minimum Gasteiger partial charge on any atom is -0.479 e. The van der Waals surface area contributed by atoms with Crippen LogP contribution in [-0.2, 0) is 66.5 Å². The number of aliphatic hydroxyl groups is 13. The number of fused-ring (bicyclic) bond motifs is 7. The number of rotatable bonds is 16. The third-order valence-corrected chi connectivity index (χ3v) is 23.2. The van der Waals surface area contributed by atoms with E-state index in [1.165, 1.54) is 13.8 Å². The minimum absolute atomic E-state index is 0.222. The van der Waals surface area contributed by atoms with Crippen molar-refractivity contribution in [3.8, 4) is 0 Å². The number of allylic oxidation sites excluding steroid dienone is 3. The maximum atomic E-state index is 15.0. The van der Waals surface area contributed by atoms with Gasteiger partial charge in [0.05, 0.1) is 43.9 Å². The molecule has 4 saturated heterocycles. The van der Waals surface area contributed by atoms with Crippen molar-refractivity contribution in [2.75, 3.05) is 26.4 Å². The van der Waals surface area contributed by atoms with Crippen LogP contribution in [0.25, 0.3) is 0 Å². The van der Waals surface area contributed by atoms with Gasteiger partial charge in [0.15, 0.2) is 37.0 Å². The van der Waals surface area contributed by atoms with Gasteiger partial charge in [0.25, 0.3) is 0 Å². The van der Waals surface area contributed by atoms with Crippen LogP contribution in [0.5, 0.6) is 0 Å². The standard InChI is InChI=1S/C62H96O28/c1-12-24(2)36(69)35-50(82-25(3)66)57(5,6)19-28-27-13-14-33-59(9)17-16-34(58(7,8)32(59)15-18-60(33,10)61(27,11)49(78)51(83-26(4)67)62(28,35)23-65)86-56-48(90-54-43(76)41(74)39(72)31(21-64)85-54)45(44(77)46(88-56)52(79)80)87-55-47(37(70)29(68)22-81-55)89-53-42(75)40(73)38(71)30(20-63)84-53/h12-13,28-35,37-51,53-56,63-65,68,70-78H,14-23H2,1-11H3,(H,79,80)/t28-,29+,30+,31+,32-,33+,34-,35-,37-,38+,39-,40-,41-,42+,43+,44-,45-,46-,47+,48+,49-,50-,51+,53-,54-,55-,56+,59-,60+,61-,62+/m0/s1. The number of esters is 2. The Bertz CT molecular complexity index is 2680. The zero-order chi connectivity index (χ0) is 66.6. The number of aliphatic hydroxyl groups excluding tert-OH is 13. The second-order valence-corrected chi connectivity index (χ2v) is 28.7. The molecule has 4 aliphatic heterocycles. The van der Waals surface area contributed by atoms with E-state index in [1.807, 2.05) is 34.6 Å². The molecule has 0 aromatic rings. The Balaban J connectivity index is 1.08. The highest BCUT2D eigenvalue weighted by Gasteiger charge is 2.77. The second-order valence-electron chi connectivity index (χ2n) is 28.7. The molecule has 5 aliphatic carbocycles. The molecule has 31 atom stereocenters. The molecule has 8 fully saturated rings. The molecule has 512 valence electrons. The quantitative estimate of drug-likeness (QED) is 0.0343. The molecule has 9 rings (SSSR count). The smallest absolute Gasteiger partial charge is 0.335 e. The van der Waals surface area contributed by atoms with Crippen LogP contribution in [-0.4, -0.2) is 263 Å². The predicted octanol–water partition coefficient (Wildman–Crippen LogP) is -2.02. The van der Waals surface area contributed by atoms with Crippen molar-refractivity contribution < 1.29 is 138 Å². The highest BCUT2D eigenvalue weighted by atomic mass is 16.8. The van der Waals surface area contributed by atoms with Crippen molar-refractivity contribution in [3.63, 3.8) is 0 Å². The van der Waals surface area contributed by atoms with Crippen LogP contribution in [0.3, 0.4) is 0 Å². The lowest BCUT2D eigenvalue weighted by molar-refractivity contribution is -0.401. The van der Waals surface area contributed by atoms with Crippen molar-refractivity contribution in [2.24, 2.45) is 56.2 Å². The summed E-state index contributed by atoms with van der Waals surface area (Å²) in [7, 11) is 0. The van der Waals surface area contributed by atoms with Crippen LogP contribution in [0.4, 0.5) is 0 Å². The molecule has 28 heteroatoms. The molecule has 28 nitrogen and oxygen atoms in total. The zero-order valence-corrected chi connectivity index (χ0v) is 52.8. The first-order chi connectivity index (χ1) is 42.0. The summed E-state index contributed by atoms with van der Waals surface area (Å²) in [5.74, 6) is -5.97. The lowest BCUT2D eigenvalue weighted by atomic mass is 9.31. The summed E-state index contributed by atoms with van der Waals surface area (Å²) in [4.78, 5) is 54.7. The Labute approximate surface area is 521 Å². The number of aliphatic carboxylic acids is 1. The molecule has 90 heavy (non-hydrogen) atoms. The van der Waals surface area contributed by atoms with Crippen LogP contribution >= 0.6 is 0 Å². The van der Waals surface area contributed by atoms with E-state index in [1.54, 1.807) is 19.9 Å². The largest absolute Gasteiger partial charge is 0.479 e. The van der Waals surface area contributed by atoms with Gasteiger partial charge in [-0.2, -0.15) is 0 Å². The van der Waals surface area contributed by atoms with Crippen LogP contribution in [0, 0.1) is 56.2 Å². The normalized spacial score (nSPS) is 50.0. The van der Waals surface area contributed by atoms with Gasteiger partial charge in [0.1, 0.15) is 104 Å². The van der Waals surface area contributed by atoms with E-state index in [0.29, 0.717) is 31.3 Å². The zero-order valence-electron chi connectivity index (χ0n) is 52.8. The molecule has 9 aliphatic rings. The van der Waals surface area contributed by atoms with Crippen LogP contribution in [0.1, 0.15) is 115 Å². The fourth-order valence-corrected chi connectivity index (χ4v) is 18.2. The van der Waals surface area contributed by atoms with E-state index < -0.39 is 236 Å². The van der Waals surface area contributed by atoms with Crippen LogP contribution in [0.2, 0.25) is 0 Å². The number of ether oxygens (including phenoxy) is 10.